The molecule has 5 unspecified atom stereocenters. The number of benzene rings is 2. The fourth-order valence-electron chi connectivity index (χ4n) is 6.98. The summed E-state index contributed by atoms with van der Waals surface area (Å²) in [5.41, 5.74) is -2.76. The number of rotatable bonds is 19. The summed E-state index contributed by atoms with van der Waals surface area (Å²) in [6, 6.07) is 0.248. The molecule has 0 radical (unpaired) electrons. The molecule has 16 nitrogen and oxygen atoms in total. The van der Waals surface area contributed by atoms with Crippen molar-refractivity contribution in [3.8, 4) is 0 Å². The second kappa shape index (κ2) is 22.7. The van der Waals surface area contributed by atoms with E-state index in [-0.39, 0.29) is 17.5 Å². The number of hydrogen-bond acceptors (Lipinski definition) is 10. The van der Waals surface area contributed by atoms with E-state index in [9.17, 15) is 65.8 Å². The lowest BCUT2D eigenvalue weighted by molar-refractivity contribution is -0.293. The summed E-state index contributed by atoms with van der Waals surface area (Å²) >= 11 is 0. The van der Waals surface area contributed by atoms with Gasteiger partial charge in [-0.05, 0) is 42.8 Å². The molecular formula is C38H54F6N5O11P. The number of carbonyl (C=O) groups excluding carboxylic acids is 2. The standard InChI is InChI=1S/C38H54F6N5O11P/c1-2-3-4-5-6-7-8-9-16-61(56,57)49-29-27(19-50)58-21-26(47-35(54)45-24-14-10-12-22(17-24)37(39,40)41)33(29)60-34-30(32(53)31(52)28(20-51)59-34)48-36(55)46-25-15-11-13-23(18-25)38(42,43)44/h10-15,17-18,26-34,50-53H,2-9,16,19-21H2,1H3,(H2,45,47,54)(H2,46,48,55)(H2,49,56,57)/t26?,27?,28?,29-,30?,31-,32+,33+,34-/m0/s1. The van der Waals surface area contributed by atoms with E-state index >= 15 is 0 Å². The molecule has 23 heteroatoms. The maximum Gasteiger partial charge on any atom is 0.416 e. The van der Waals surface area contributed by atoms with Gasteiger partial charge in [0, 0.05) is 17.5 Å². The van der Waals surface area contributed by atoms with Crippen molar-refractivity contribution in [3.05, 3.63) is 59.7 Å². The molecule has 61 heavy (non-hydrogen) atoms. The van der Waals surface area contributed by atoms with Crippen LogP contribution in [-0.2, 0) is 31.1 Å². The first-order chi connectivity index (χ1) is 28.8. The molecule has 2 aromatic carbocycles. The Bertz CT molecular complexity index is 1760. The van der Waals surface area contributed by atoms with Crippen LogP contribution >= 0.6 is 7.52 Å². The largest absolute Gasteiger partial charge is 0.416 e. The van der Waals surface area contributed by atoms with Crippen LogP contribution < -0.4 is 26.4 Å². The van der Waals surface area contributed by atoms with Crippen LogP contribution in [0.1, 0.15) is 69.4 Å². The lowest BCUT2D eigenvalue weighted by Gasteiger charge is -2.48. The van der Waals surface area contributed by atoms with Crippen LogP contribution in [-0.4, -0.2) is 118 Å². The second-order valence-corrected chi connectivity index (χ2v) is 17.0. The number of amides is 4. The molecule has 10 N–H and O–H groups in total. The average molecular weight is 902 g/mol. The first-order valence-electron chi connectivity index (χ1n) is 19.9. The zero-order chi connectivity index (χ0) is 45.0. The second-order valence-electron chi connectivity index (χ2n) is 14.9. The summed E-state index contributed by atoms with van der Waals surface area (Å²) < 4.78 is 112. The molecule has 2 saturated heterocycles. The molecular weight excluding hydrogens is 847 g/mol. The molecule has 2 aliphatic heterocycles. The summed E-state index contributed by atoms with van der Waals surface area (Å²) in [5, 5.41) is 54.0. The Morgan fingerprint density at radius 2 is 1.30 bits per heavy atom. The molecule has 2 heterocycles. The zero-order valence-electron chi connectivity index (χ0n) is 33.2. The number of hydrogen-bond donors (Lipinski definition) is 10. The van der Waals surface area contributed by atoms with Gasteiger partial charge in [0.05, 0.1) is 49.1 Å². The molecule has 4 amide bonds. The fourth-order valence-corrected chi connectivity index (χ4v) is 8.54. The van der Waals surface area contributed by atoms with Gasteiger partial charge in [0.15, 0.2) is 6.29 Å². The van der Waals surface area contributed by atoms with Gasteiger partial charge in [0.2, 0.25) is 0 Å². The first-order valence-corrected chi connectivity index (χ1v) is 21.7. The number of anilines is 2. The quantitative estimate of drug-likeness (QED) is 0.0515. The molecule has 0 bridgehead atoms. The van der Waals surface area contributed by atoms with E-state index in [1.54, 1.807) is 0 Å². The van der Waals surface area contributed by atoms with Crippen molar-refractivity contribution in [1.29, 1.82) is 0 Å². The highest BCUT2D eigenvalue weighted by Gasteiger charge is 2.51. The summed E-state index contributed by atoms with van der Waals surface area (Å²) in [4.78, 5) is 37.7. The van der Waals surface area contributed by atoms with E-state index in [0.717, 1.165) is 68.9 Å². The Labute approximate surface area is 348 Å². The van der Waals surface area contributed by atoms with Gasteiger partial charge in [-0.1, -0.05) is 64.0 Å². The molecule has 10 atom stereocenters. The van der Waals surface area contributed by atoms with Crippen LogP contribution in [0.15, 0.2) is 48.5 Å². The minimum Gasteiger partial charge on any atom is -0.394 e. The Kier molecular flexibility index (Phi) is 18.6. The topological polar surface area (TPSA) is 240 Å². The molecule has 0 saturated carbocycles. The van der Waals surface area contributed by atoms with Crippen molar-refractivity contribution in [2.24, 2.45) is 0 Å². The molecule has 0 spiro atoms. The van der Waals surface area contributed by atoms with Crippen LogP contribution in [0.4, 0.5) is 47.3 Å². The monoisotopic (exact) mass is 901 g/mol. The minimum absolute atomic E-state index is 0.241. The third-order valence-corrected chi connectivity index (χ3v) is 11.8. The molecule has 2 aliphatic rings. The van der Waals surface area contributed by atoms with Gasteiger partial charge in [0.1, 0.15) is 30.5 Å². The van der Waals surface area contributed by atoms with Crippen molar-refractivity contribution in [3.63, 3.8) is 0 Å². The van der Waals surface area contributed by atoms with Gasteiger partial charge in [0.25, 0.3) is 7.52 Å². The summed E-state index contributed by atoms with van der Waals surface area (Å²) in [5.74, 6) is 0. The van der Waals surface area contributed by atoms with Crippen LogP contribution in [0.5, 0.6) is 0 Å². The Morgan fingerprint density at radius 3 is 1.82 bits per heavy atom. The average Bonchev–Trinajstić information content (AvgIpc) is 3.19. The van der Waals surface area contributed by atoms with Crippen molar-refractivity contribution < 1.29 is 80.0 Å². The van der Waals surface area contributed by atoms with Gasteiger partial charge in [-0.25, -0.2) is 14.7 Å². The van der Waals surface area contributed by atoms with Crippen molar-refractivity contribution in [1.82, 2.24) is 15.7 Å². The van der Waals surface area contributed by atoms with E-state index < -0.39 is 118 Å². The highest BCUT2D eigenvalue weighted by molar-refractivity contribution is 7.55. The summed E-state index contributed by atoms with van der Waals surface area (Å²) in [6.45, 7) is -0.0994. The zero-order valence-corrected chi connectivity index (χ0v) is 34.1. The number of aliphatic hydroxyl groups is 4. The SMILES string of the molecule is CCCCCCCCCCP(=O)(O)N[C@H]1C(CO)OCC(NC(=O)Nc2cccc(C(F)(F)F)c2)[C@H]1O[C@@H]1OC(CO)[C@H](O)[C@H](O)C1NC(=O)Nc1cccc(C(F)(F)F)c1. The lowest BCUT2D eigenvalue weighted by Crippen LogP contribution is -2.70. The van der Waals surface area contributed by atoms with Gasteiger partial charge in [-0.3, -0.25) is 4.57 Å². The predicted molar refractivity (Wildman–Crippen MR) is 208 cm³/mol. The van der Waals surface area contributed by atoms with Gasteiger partial charge in [-0.2, -0.15) is 26.3 Å². The Morgan fingerprint density at radius 1 is 0.770 bits per heavy atom. The summed E-state index contributed by atoms with van der Waals surface area (Å²) in [6.07, 6.45) is -13.1. The highest BCUT2D eigenvalue weighted by Crippen LogP contribution is 2.40. The van der Waals surface area contributed by atoms with Crippen LogP contribution in [0, 0.1) is 0 Å². The van der Waals surface area contributed by atoms with Crippen LogP contribution in [0.2, 0.25) is 0 Å². The maximum atomic E-state index is 13.7. The predicted octanol–water partition coefficient (Wildman–Crippen LogP) is 4.90. The van der Waals surface area contributed by atoms with E-state index in [4.69, 9.17) is 14.2 Å². The smallest absolute Gasteiger partial charge is 0.394 e. The number of nitrogens with one attached hydrogen (secondary N) is 5. The number of ether oxygens (including phenoxy) is 3. The lowest BCUT2D eigenvalue weighted by atomic mass is 9.94. The van der Waals surface area contributed by atoms with Crippen molar-refractivity contribution >= 4 is 31.0 Å². The number of aliphatic hydroxyl groups excluding tert-OH is 4. The number of unbranched alkanes of at least 4 members (excludes halogenated alkanes) is 7. The van der Waals surface area contributed by atoms with E-state index in [1.807, 2.05) is 0 Å². The number of halogens is 6. The third-order valence-electron chi connectivity index (χ3n) is 10.2. The van der Waals surface area contributed by atoms with Gasteiger partial charge in [-0.15, -0.1) is 0 Å². The Hall–Kier alpha value is -3.57. The first kappa shape index (κ1) is 50.1. The fraction of sp³-hybridized carbons (Fsp3) is 0.632. The normalized spacial score (nSPS) is 26.9. The maximum absolute atomic E-state index is 13.7. The van der Waals surface area contributed by atoms with E-state index in [2.05, 4.69) is 33.3 Å². The number of urea groups is 2. The van der Waals surface area contributed by atoms with Crippen molar-refractivity contribution in [2.75, 3.05) is 36.6 Å². The van der Waals surface area contributed by atoms with E-state index in [0.29, 0.717) is 25.0 Å². The molecule has 344 valence electrons. The van der Waals surface area contributed by atoms with Crippen LogP contribution in [0.25, 0.3) is 0 Å². The van der Waals surface area contributed by atoms with Crippen molar-refractivity contribution in [2.45, 2.75) is 126 Å². The molecule has 4 rings (SSSR count). The highest BCUT2D eigenvalue weighted by atomic mass is 31.2. The number of carbonyl (C=O) groups is 2. The summed E-state index contributed by atoms with van der Waals surface area (Å²) in [7, 11) is -4.32. The molecule has 0 aromatic heterocycles. The van der Waals surface area contributed by atoms with E-state index in [1.165, 1.54) is 6.07 Å². The Balaban J connectivity index is 1.62. The minimum atomic E-state index is -4.76. The third kappa shape index (κ3) is 15.0. The van der Waals surface area contributed by atoms with Gasteiger partial charge < -0.3 is 60.8 Å². The molecule has 2 aromatic rings. The molecule has 0 aliphatic carbocycles. The number of alkyl halides is 6. The van der Waals surface area contributed by atoms with Crippen LogP contribution in [0.3, 0.4) is 0 Å². The van der Waals surface area contributed by atoms with Gasteiger partial charge >= 0.3 is 24.4 Å². The molecule has 2 fully saturated rings.